The Labute approximate surface area is 106 Å². The first kappa shape index (κ1) is 13.0. The van der Waals surface area contributed by atoms with Gasteiger partial charge in [-0.15, -0.1) is 0 Å². The quantitative estimate of drug-likeness (QED) is 0.627. The lowest BCUT2D eigenvalue weighted by Gasteiger charge is -2.31. The largest absolute Gasteiger partial charge is 0.392 e. The summed E-state index contributed by atoms with van der Waals surface area (Å²) in [4.78, 5) is 10.3. The number of nitrogens with zero attached hydrogens (tertiary/aromatic N) is 1. The fraction of sp³-hybridized carbons (Fsp3) is 0.538. The highest BCUT2D eigenvalue weighted by atomic mass is 16.6. The van der Waals surface area contributed by atoms with Crippen molar-refractivity contribution in [1.29, 1.82) is 0 Å². The van der Waals surface area contributed by atoms with Crippen LogP contribution < -0.4 is 5.73 Å². The topological polar surface area (TPSA) is 89.4 Å². The van der Waals surface area contributed by atoms with E-state index in [1.807, 2.05) is 6.07 Å². The molecule has 2 unspecified atom stereocenters. The molecule has 1 aliphatic carbocycles. The molecule has 2 rings (SSSR count). The van der Waals surface area contributed by atoms with Crippen molar-refractivity contribution < 1.29 is 10.0 Å². The Hall–Kier alpha value is -1.46. The van der Waals surface area contributed by atoms with Crippen molar-refractivity contribution in [3.63, 3.8) is 0 Å². The van der Waals surface area contributed by atoms with Crippen LogP contribution in [0, 0.1) is 15.5 Å². The molecular weight excluding hydrogens is 232 g/mol. The number of nitrogens with two attached hydrogens (primary N) is 1. The van der Waals surface area contributed by atoms with Crippen molar-refractivity contribution >= 4 is 5.69 Å². The summed E-state index contributed by atoms with van der Waals surface area (Å²) in [5, 5.41) is 20.8. The third-order valence-corrected chi connectivity index (χ3v) is 3.94. The molecule has 1 aliphatic rings. The minimum absolute atomic E-state index is 0.0900. The van der Waals surface area contributed by atoms with Gasteiger partial charge in [0.1, 0.15) is 0 Å². The summed E-state index contributed by atoms with van der Waals surface area (Å²) < 4.78 is 0. The van der Waals surface area contributed by atoms with Crippen LogP contribution in [0.15, 0.2) is 24.3 Å². The molecule has 3 N–H and O–H groups in total. The van der Waals surface area contributed by atoms with E-state index in [0.717, 1.165) is 24.8 Å². The third-order valence-electron chi connectivity index (χ3n) is 3.94. The first-order valence-electron chi connectivity index (χ1n) is 6.19. The molecule has 0 heterocycles. The maximum atomic E-state index is 10.7. The van der Waals surface area contributed by atoms with E-state index < -0.39 is 11.0 Å². The van der Waals surface area contributed by atoms with E-state index in [4.69, 9.17) is 5.73 Å². The van der Waals surface area contributed by atoms with Gasteiger partial charge in [-0.1, -0.05) is 18.6 Å². The summed E-state index contributed by atoms with van der Waals surface area (Å²) >= 11 is 0. The van der Waals surface area contributed by atoms with Gasteiger partial charge in [-0.25, -0.2) is 0 Å². The molecule has 1 fully saturated rings. The summed E-state index contributed by atoms with van der Waals surface area (Å²) in [6, 6.07) is 6.58. The number of aliphatic hydroxyl groups is 1. The molecule has 1 saturated carbocycles. The smallest absolute Gasteiger partial charge is 0.269 e. The van der Waals surface area contributed by atoms with Crippen LogP contribution in [0.2, 0.25) is 0 Å². The molecule has 0 aliphatic heterocycles. The summed E-state index contributed by atoms with van der Waals surface area (Å²) in [5.74, 6) is 0. The van der Waals surface area contributed by atoms with E-state index >= 15 is 0 Å². The Morgan fingerprint density at radius 2 is 2.33 bits per heavy atom. The van der Waals surface area contributed by atoms with Gasteiger partial charge in [0.2, 0.25) is 0 Å². The molecule has 98 valence electrons. The average molecular weight is 250 g/mol. The molecule has 0 spiro atoms. The standard InChI is InChI=1S/C13H18N2O3/c14-9-13(6-2-5-12(13)16)8-10-3-1-4-11(7-10)15(17)18/h1,3-4,7,12,16H,2,5-6,8-9,14H2. The maximum Gasteiger partial charge on any atom is 0.269 e. The van der Waals surface area contributed by atoms with Crippen LogP contribution in [0.3, 0.4) is 0 Å². The van der Waals surface area contributed by atoms with Crippen molar-refractivity contribution in [3.8, 4) is 0 Å². The highest BCUT2D eigenvalue weighted by Gasteiger charge is 2.40. The first-order valence-corrected chi connectivity index (χ1v) is 6.19. The van der Waals surface area contributed by atoms with Crippen LogP contribution in [-0.4, -0.2) is 22.7 Å². The Morgan fingerprint density at radius 1 is 1.56 bits per heavy atom. The van der Waals surface area contributed by atoms with E-state index in [1.54, 1.807) is 12.1 Å². The van der Waals surface area contributed by atoms with Gasteiger partial charge < -0.3 is 10.8 Å². The van der Waals surface area contributed by atoms with E-state index in [-0.39, 0.29) is 11.1 Å². The fourth-order valence-electron chi connectivity index (χ4n) is 2.82. The van der Waals surface area contributed by atoms with Crippen molar-refractivity contribution in [2.75, 3.05) is 6.54 Å². The number of hydrogen-bond acceptors (Lipinski definition) is 4. The summed E-state index contributed by atoms with van der Waals surface area (Å²) in [6.45, 7) is 0.414. The van der Waals surface area contributed by atoms with Crippen LogP contribution in [0.1, 0.15) is 24.8 Å². The molecule has 0 amide bonds. The minimum atomic E-state index is -0.401. The van der Waals surface area contributed by atoms with Crippen molar-refractivity contribution in [1.82, 2.24) is 0 Å². The molecule has 0 aromatic heterocycles. The van der Waals surface area contributed by atoms with E-state index in [9.17, 15) is 15.2 Å². The number of benzene rings is 1. The molecule has 0 bridgehead atoms. The van der Waals surface area contributed by atoms with E-state index in [2.05, 4.69) is 0 Å². The van der Waals surface area contributed by atoms with Gasteiger partial charge in [-0.2, -0.15) is 0 Å². The van der Waals surface area contributed by atoms with Gasteiger partial charge in [-0.3, -0.25) is 10.1 Å². The molecule has 1 aromatic rings. The lowest BCUT2D eigenvalue weighted by atomic mass is 9.78. The number of aliphatic hydroxyl groups excluding tert-OH is 1. The summed E-state index contributed by atoms with van der Waals surface area (Å²) in [6.07, 6.45) is 2.82. The monoisotopic (exact) mass is 250 g/mol. The van der Waals surface area contributed by atoms with Crippen molar-refractivity contribution in [3.05, 3.63) is 39.9 Å². The number of hydrogen-bond donors (Lipinski definition) is 2. The molecule has 0 radical (unpaired) electrons. The maximum absolute atomic E-state index is 10.7. The van der Waals surface area contributed by atoms with Gasteiger partial charge in [0.15, 0.2) is 0 Å². The van der Waals surface area contributed by atoms with Gasteiger partial charge >= 0.3 is 0 Å². The van der Waals surface area contributed by atoms with Crippen LogP contribution >= 0.6 is 0 Å². The van der Waals surface area contributed by atoms with E-state index in [1.165, 1.54) is 6.07 Å². The Kier molecular flexibility index (Phi) is 3.63. The Balaban J connectivity index is 2.22. The Morgan fingerprint density at radius 3 is 2.89 bits per heavy atom. The van der Waals surface area contributed by atoms with Gasteiger partial charge in [-0.05, 0) is 24.8 Å². The van der Waals surface area contributed by atoms with Crippen LogP contribution in [0.5, 0.6) is 0 Å². The van der Waals surface area contributed by atoms with Gasteiger partial charge in [0.25, 0.3) is 5.69 Å². The molecule has 2 atom stereocenters. The zero-order chi connectivity index (χ0) is 13.2. The van der Waals surface area contributed by atoms with Crippen LogP contribution in [0.4, 0.5) is 5.69 Å². The highest BCUT2D eigenvalue weighted by Crippen LogP contribution is 2.40. The normalized spacial score (nSPS) is 27.3. The third kappa shape index (κ3) is 2.37. The molecule has 18 heavy (non-hydrogen) atoms. The van der Waals surface area contributed by atoms with Gasteiger partial charge in [0.05, 0.1) is 11.0 Å². The number of nitro groups is 1. The number of non-ortho nitro benzene ring substituents is 1. The SMILES string of the molecule is NCC1(Cc2cccc([N+](=O)[O-])c2)CCCC1O. The van der Waals surface area contributed by atoms with Crippen LogP contribution in [-0.2, 0) is 6.42 Å². The number of rotatable bonds is 4. The molecule has 0 saturated heterocycles. The second-order valence-electron chi connectivity index (χ2n) is 5.08. The minimum Gasteiger partial charge on any atom is -0.392 e. The zero-order valence-corrected chi connectivity index (χ0v) is 10.2. The van der Waals surface area contributed by atoms with Crippen LogP contribution in [0.25, 0.3) is 0 Å². The second kappa shape index (κ2) is 5.04. The Bertz CT molecular complexity index is 450. The highest BCUT2D eigenvalue weighted by molar-refractivity contribution is 5.35. The predicted molar refractivity (Wildman–Crippen MR) is 68.1 cm³/mol. The van der Waals surface area contributed by atoms with Crippen molar-refractivity contribution in [2.45, 2.75) is 31.8 Å². The fourth-order valence-corrected chi connectivity index (χ4v) is 2.82. The number of nitro benzene ring substituents is 1. The predicted octanol–water partition coefficient (Wildman–Crippen LogP) is 1.63. The summed E-state index contributed by atoms with van der Waals surface area (Å²) in [7, 11) is 0. The zero-order valence-electron chi connectivity index (χ0n) is 10.2. The van der Waals surface area contributed by atoms with E-state index in [0.29, 0.717) is 13.0 Å². The first-order chi connectivity index (χ1) is 8.57. The lowest BCUT2D eigenvalue weighted by Crippen LogP contribution is -2.39. The lowest BCUT2D eigenvalue weighted by molar-refractivity contribution is -0.384. The molecular formula is C13H18N2O3. The molecule has 5 nitrogen and oxygen atoms in total. The average Bonchev–Trinajstić information content (AvgIpc) is 2.72. The second-order valence-corrected chi connectivity index (χ2v) is 5.08. The molecule has 5 heteroatoms. The van der Waals surface area contributed by atoms with Crippen molar-refractivity contribution in [2.24, 2.45) is 11.1 Å². The van der Waals surface area contributed by atoms with Gasteiger partial charge in [0, 0.05) is 24.1 Å². The summed E-state index contributed by atoms with van der Waals surface area (Å²) in [5.41, 5.74) is 6.46. The molecule has 1 aromatic carbocycles.